The van der Waals surface area contributed by atoms with Crippen LogP contribution in [0.1, 0.15) is 78.0 Å². The van der Waals surface area contributed by atoms with Crippen molar-refractivity contribution in [3.8, 4) is 0 Å². The van der Waals surface area contributed by atoms with Crippen molar-refractivity contribution in [2.24, 2.45) is 11.1 Å². The first-order valence-electron chi connectivity index (χ1n) is 8.47. The van der Waals surface area contributed by atoms with Crippen molar-refractivity contribution in [1.82, 2.24) is 0 Å². The van der Waals surface area contributed by atoms with Crippen LogP contribution in [0.25, 0.3) is 0 Å². The number of hydrogen-bond acceptors (Lipinski definition) is 1. The minimum Gasteiger partial charge on any atom is -0.328 e. The lowest BCUT2D eigenvalue weighted by molar-refractivity contribution is 0.398. The fraction of sp³-hybridized carbons (Fsp3) is 0.700. The van der Waals surface area contributed by atoms with Crippen molar-refractivity contribution in [1.29, 1.82) is 0 Å². The van der Waals surface area contributed by atoms with Gasteiger partial charge in [-0.1, -0.05) is 53.7 Å². The number of aryl methyl sites for hydroxylation is 1. The lowest BCUT2D eigenvalue weighted by Crippen LogP contribution is -2.18. The highest BCUT2D eigenvalue weighted by molar-refractivity contribution is 5.36. The summed E-state index contributed by atoms with van der Waals surface area (Å²) in [6.45, 7) is 14.8. The normalized spacial score (nSPS) is 14.2. The van der Waals surface area contributed by atoms with Crippen molar-refractivity contribution >= 4 is 0 Å². The van der Waals surface area contributed by atoms with Gasteiger partial charge in [0.2, 0.25) is 0 Å². The standard InChI is InChI=1S/C20H34FN/c1-14(22)9-8-10-15-11-16(13-19(2,3)4)18(21)17(12-15)20(5,6)7/h11-12,14H,8-10,13,22H2,1-7H3/t14-/m0/s1. The van der Waals surface area contributed by atoms with E-state index < -0.39 is 0 Å². The Kier molecular flexibility index (Phi) is 6.20. The molecule has 0 radical (unpaired) electrons. The zero-order valence-corrected chi connectivity index (χ0v) is 15.5. The van der Waals surface area contributed by atoms with E-state index in [-0.39, 0.29) is 22.7 Å². The molecule has 0 unspecified atom stereocenters. The number of nitrogens with two attached hydrogens (primary N) is 1. The summed E-state index contributed by atoms with van der Waals surface area (Å²) in [4.78, 5) is 0. The Hall–Kier alpha value is -0.890. The second-order valence-corrected chi connectivity index (χ2v) is 8.97. The van der Waals surface area contributed by atoms with Crippen LogP contribution in [-0.4, -0.2) is 6.04 Å². The Bertz CT molecular complexity index is 490. The number of halogens is 1. The van der Waals surface area contributed by atoms with Crippen LogP contribution >= 0.6 is 0 Å². The molecule has 0 spiro atoms. The van der Waals surface area contributed by atoms with E-state index in [0.717, 1.165) is 36.8 Å². The van der Waals surface area contributed by atoms with Gasteiger partial charge in [0.1, 0.15) is 5.82 Å². The summed E-state index contributed by atoms with van der Waals surface area (Å²) < 4.78 is 14.9. The van der Waals surface area contributed by atoms with Crippen LogP contribution in [0.3, 0.4) is 0 Å². The number of rotatable bonds is 5. The lowest BCUT2D eigenvalue weighted by atomic mass is 9.80. The van der Waals surface area contributed by atoms with Gasteiger partial charge in [-0.05, 0) is 60.1 Å². The Morgan fingerprint density at radius 3 is 2.14 bits per heavy atom. The molecule has 0 bridgehead atoms. The molecule has 1 aromatic rings. The lowest BCUT2D eigenvalue weighted by Gasteiger charge is -2.25. The molecular weight excluding hydrogens is 273 g/mol. The molecule has 1 atom stereocenters. The van der Waals surface area contributed by atoms with Crippen molar-refractivity contribution in [2.45, 2.75) is 85.6 Å². The van der Waals surface area contributed by atoms with Gasteiger partial charge in [-0.15, -0.1) is 0 Å². The maximum absolute atomic E-state index is 14.9. The van der Waals surface area contributed by atoms with Crippen LogP contribution in [0.5, 0.6) is 0 Å². The smallest absolute Gasteiger partial charge is 0.130 e. The summed E-state index contributed by atoms with van der Waals surface area (Å²) in [6.07, 6.45) is 3.81. The highest BCUT2D eigenvalue weighted by Gasteiger charge is 2.24. The van der Waals surface area contributed by atoms with E-state index in [1.165, 1.54) is 5.56 Å². The molecule has 0 aliphatic heterocycles. The van der Waals surface area contributed by atoms with E-state index in [0.29, 0.717) is 0 Å². The van der Waals surface area contributed by atoms with Gasteiger partial charge < -0.3 is 5.73 Å². The Labute approximate surface area is 136 Å². The van der Waals surface area contributed by atoms with Gasteiger partial charge in [0, 0.05) is 6.04 Å². The molecule has 0 fully saturated rings. The third-order valence-corrected chi connectivity index (χ3v) is 3.86. The third-order valence-electron chi connectivity index (χ3n) is 3.86. The first kappa shape index (κ1) is 19.2. The molecule has 0 aliphatic rings. The topological polar surface area (TPSA) is 26.0 Å². The van der Waals surface area contributed by atoms with E-state index in [4.69, 9.17) is 5.73 Å². The first-order valence-corrected chi connectivity index (χ1v) is 8.47. The maximum atomic E-state index is 14.9. The van der Waals surface area contributed by atoms with Crippen molar-refractivity contribution < 1.29 is 4.39 Å². The van der Waals surface area contributed by atoms with Crippen LogP contribution in [0.4, 0.5) is 4.39 Å². The van der Waals surface area contributed by atoms with Crippen LogP contribution in [-0.2, 0) is 18.3 Å². The van der Waals surface area contributed by atoms with E-state index >= 15 is 0 Å². The van der Waals surface area contributed by atoms with Gasteiger partial charge >= 0.3 is 0 Å². The highest BCUT2D eigenvalue weighted by atomic mass is 19.1. The molecule has 126 valence electrons. The van der Waals surface area contributed by atoms with Gasteiger partial charge in [-0.2, -0.15) is 0 Å². The van der Waals surface area contributed by atoms with Gasteiger partial charge in [-0.3, -0.25) is 0 Å². The molecular formula is C20H34FN. The molecule has 2 N–H and O–H groups in total. The SMILES string of the molecule is C[C@H](N)CCCc1cc(CC(C)(C)C)c(F)c(C(C)(C)C)c1. The summed E-state index contributed by atoms with van der Waals surface area (Å²) in [6, 6.07) is 4.36. The van der Waals surface area contributed by atoms with Gasteiger partial charge in [0.05, 0.1) is 0 Å². The first-order chi connectivity index (χ1) is 9.90. The Morgan fingerprint density at radius 1 is 1.09 bits per heavy atom. The molecule has 1 rings (SSSR count). The summed E-state index contributed by atoms with van der Waals surface area (Å²) in [5, 5.41) is 0. The molecule has 0 saturated heterocycles. The molecule has 1 aromatic carbocycles. The molecule has 2 heteroatoms. The predicted molar refractivity (Wildman–Crippen MR) is 94.8 cm³/mol. The zero-order valence-electron chi connectivity index (χ0n) is 15.5. The molecule has 0 saturated carbocycles. The largest absolute Gasteiger partial charge is 0.328 e. The molecule has 0 amide bonds. The molecule has 0 aromatic heterocycles. The van der Waals surface area contributed by atoms with Crippen LogP contribution < -0.4 is 5.73 Å². The van der Waals surface area contributed by atoms with Gasteiger partial charge in [0.15, 0.2) is 0 Å². The van der Waals surface area contributed by atoms with Crippen molar-refractivity contribution in [3.63, 3.8) is 0 Å². The average molecular weight is 307 g/mol. The Morgan fingerprint density at radius 2 is 1.68 bits per heavy atom. The Balaban J connectivity index is 3.14. The summed E-state index contributed by atoms with van der Waals surface area (Å²) in [5.41, 5.74) is 8.68. The second-order valence-electron chi connectivity index (χ2n) is 8.97. The van der Waals surface area contributed by atoms with Gasteiger partial charge in [-0.25, -0.2) is 4.39 Å². The summed E-state index contributed by atoms with van der Waals surface area (Å²) in [5.74, 6) is -0.0154. The van der Waals surface area contributed by atoms with Crippen molar-refractivity contribution in [3.05, 3.63) is 34.6 Å². The number of benzene rings is 1. The second kappa shape index (κ2) is 7.12. The third kappa shape index (κ3) is 6.08. The fourth-order valence-electron chi connectivity index (χ4n) is 2.77. The zero-order chi connectivity index (χ0) is 17.1. The molecule has 22 heavy (non-hydrogen) atoms. The predicted octanol–water partition coefficient (Wildman–Crippen LogP) is 5.38. The van der Waals surface area contributed by atoms with Gasteiger partial charge in [0.25, 0.3) is 0 Å². The molecule has 1 nitrogen and oxygen atoms in total. The van der Waals surface area contributed by atoms with E-state index in [1.54, 1.807) is 0 Å². The monoisotopic (exact) mass is 307 g/mol. The molecule has 0 aliphatic carbocycles. The van der Waals surface area contributed by atoms with E-state index in [1.807, 2.05) is 6.92 Å². The van der Waals surface area contributed by atoms with Crippen LogP contribution in [0, 0.1) is 11.2 Å². The summed E-state index contributed by atoms with van der Waals surface area (Å²) >= 11 is 0. The molecule has 0 heterocycles. The van der Waals surface area contributed by atoms with E-state index in [2.05, 4.69) is 53.7 Å². The van der Waals surface area contributed by atoms with Crippen LogP contribution in [0.15, 0.2) is 12.1 Å². The quantitative estimate of drug-likeness (QED) is 0.776. The maximum Gasteiger partial charge on any atom is 0.130 e. The fourth-order valence-corrected chi connectivity index (χ4v) is 2.77. The van der Waals surface area contributed by atoms with Crippen molar-refractivity contribution in [2.75, 3.05) is 0 Å². The average Bonchev–Trinajstić information content (AvgIpc) is 2.29. The number of hydrogen-bond donors (Lipinski definition) is 1. The van der Waals surface area contributed by atoms with E-state index in [9.17, 15) is 4.39 Å². The minimum atomic E-state index is -0.173. The highest BCUT2D eigenvalue weighted by Crippen LogP contribution is 2.32. The van der Waals surface area contributed by atoms with Crippen LogP contribution in [0.2, 0.25) is 0 Å². The minimum absolute atomic E-state index is 0.0154. The summed E-state index contributed by atoms with van der Waals surface area (Å²) in [7, 11) is 0.